The second-order valence-electron chi connectivity index (χ2n) is 0.324. The van der Waals surface area contributed by atoms with Crippen LogP contribution in [0.2, 0.25) is 0 Å². The zero-order valence-electron chi connectivity index (χ0n) is 4.39. The summed E-state index contributed by atoms with van der Waals surface area (Å²) in [5.41, 5.74) is 0. The molecule has 0 amide bonds. The van der Waals surface area contributed by atoms with Crippen molar-refractivity contribution in [2.24, 2.45) is 0 Å². The van der Waals surface area contributed by atoms with E-state index in [1.807, 2.05) is 0 Å². The van der Waals surface area contributed by atoms with E-state index in [1.54, 1.807) is 0 Å². The summed E-state index contributed by atoms with van der Waals surface area (Å²) >= 11 is 0. The van der Waals surface area contributed by atoms with E-state index in [9.17, 15) is 0 Å². The SMILES string of the molecule is O.O.O.O.O.[Cl][Mn]([Cl])([Cl])[Cl]. The summed E-state index contributed by atoms with van der Waals surface area (Å²) in [5.74, 6) is 0. The van der Waals surface area contributed by atoms with Crippen molar-refractivity contribution in [2.75, 3.05) is 0 Å². The van der Waals surface area contributed by atoms with Crippen molar-refractivity contribution >= 4 is 40.4 Å². The van der Waals surface area contributed by atoms with Gasteiger partial charge in [-0.15, -0.1) is 0 Å². The molecule has 75 valence electrons. The molecule has 0 aromatic rings. The van der Waals surface area contributed by atoms with Crippen molar-refractivity contribution in [1.82, 2.24) is 0 Å². The second kappa shape index (κ2) is 16.8. The fourth-order valence-corrected chi connectivity index (χ4v) is 0. The van der Waals surface area contributed by atoms with Gasteiger partial charge in [0, 0.05) is 0 Å². The van der Waals surface area contributed by atoms with Gasteiger partial charge in [0.2, 0.25) is 0 Å². The molecule has 10 N–H and O–H groups in total. The Kier molecular flexibility index (Phi) is 70.7. The second-order valence-corrected chi connectivity index (χ2v) is 12.0. The third-order valence-corrected chi connectivity index (χ3v) is 0. The van der Waals surface area contributed by atoms with E-state index < -0.39 is 9.20 Å². The predicted octanol–water partition coefficient (Wildman–Crippen LogP) is -1.37. The number of rotatable bonds is 0. The molecule has 0 rings (SSSR count). The van der Waals surface area contributed by atoms with Crippen molar-refractivity contribution in [1.29, 1.82) is 0 Å². The van der Waals surface area contributed by atoms with Crippen LogP contribution in [0, 0.1) is 0 Å². The van der Waals surface area contributed by atoms with Gasteiger partial charge in [-0.2, -0.15) is 0 Å². The number of halogens is 4. The molecule has 10 heavy (non-hydrogen) atoms. The fourth-order valence-electron chi connectivity index (χ4n) is 0. The normalized spacial score (nSPS) is 7.60. The van der Waals surface area contributed by atoms with E-state index in [1.165, 1.54) is 0 Å². The van der Waals surface area contributed by atoms with E-state index in [0.29, 0.717) is 0 Å². The van der Waals surface area contributed by atoms with Crippen LogP contribution in [-0.4, -0.2) is 27.4 Å². The summed E-state index contributed by atoms with van der Waals surface area (Å²) < 4.78 is 0. The third-order valence-electron chi connectivity index (χ3n) is 0. The third kappa shape index (κ3) is 311. The van der Waals surface area contributed by atoms with Gasteiger partial charge in [0.15, 0.2) is 0 Å². The summed E-state index contributed by atoms with van der Waals surface area (Å²) in [6.45, 7) is 0. The van der Waals surface area contributed by atoms with Crippen LogP contribution in [0.25, 0.3) is 0 Å². The van der Waals surface area contributed by atoms with E-state index in [0.717, 1.165) is 0 Å². The maximum absolute atomic E-state index is 4.97. The molecule has 0 aromatic heterocycles. The summed E-state index contributed by atoms with van der Waals surface area (Å²) in [5, 5.41) is 0. The van der Waals surface area contributed by atoms with E-state index >= 15 is 0 Å². The Morgan fingerprint density at radius 1 is 0.500 bits per heavy atom. The van der Waals surface area contributed by atoms with Crippen LogP contribution < -0.4 is 0 Å². The van der Waals surface area contributed by atoms with Gasteiger partial charge in [-0.05, 0) is 0 Å². The topological polar surface area (TPSA) is 158 Å². The molecule has 0 bridgehead atoms. The van der Waals surface area contributed by atoms with Crippen LogP contribution >= 0.6 is 40.4 Å². The van der Waals surface area contributed by atoms with Crippen molar-refractivity contribution in [3.63, 3.8) is 0 Å². The van der Waals surface area contributed by atoms with Crippen LogP contribution in [0.4, 0.5) is 0 Å². The Labute approximate surface area is 76.9 Å². The molecule has 0 saturated heterocycles. The van der Waals surface area contributed by atoms with E-state index in [-0.39, 0.29) is 27.4 Å². The van der Waals surface area contributed by atoms with Gasteiger partial charge in [-0.25, -0.2) is 0 Å². The van der Waals surface area contributed by atoms with Crippen LogP contribution in [0.15, 0.2) is 0 Å². The summed E-state index contributed by atoms with van der Waals surface area (Å²) in [7, 11) is 17.1. The Morgan fingerprint density at radius 3 is 0.500 bits per heavy atom. The molecular formula is H10Cl4MnO5. The first-order valence-electron chi connectivity index (χ1n) is 0.571. The zero-order valence-corrected chi connectivity index (χ0v) is 8.59. The van der Waals surface area contributed by atoms with Crippen molar-refractivity contribution in [2.45, 2.75) is 0 Å². The molecule has 0 unspecified atom stereocenters. The Balaban J connectivity index is -0.00000000800. The molecule has 0 radical (unpaired) electrons. The first kappa shape index (κ1) is 42.0. The van der Waals surface area contributed by atoms with Gasteiger partial charge >= 0.3 is 49.6 Å². The number of hydrogen-bond acceptors (Lipinski definition) is 0. The van der Waals surface area contributed by atoms with Gasteiger partial charge in [-0.1, -0.05) is 0 Å². The van der Waals surface area contributed by atoms with Crippen molar-refractivity contribution in [3.05, 3.63) is 0 Å². The van der Waals surface area contributed by atoms with Gasteiger partial charge < -0.3 is 27.4 Å². The summed E-state index contributed by atoms with van der Waals surface area (Å²) in [6, 6.07) is 0. The molecule has 0 saturated carbocycles. The molecule has 0 atom stereocenters. The minimum absolute atomic E-state index is 0. The Hall–Kier alpha value is 1.48. The van der Waals surface area contributed by atoms with Crippen molar-refractivity contribution < 1.29 is 36.6 Å². The molecule has 10 heteroatoms. The maximum atomic E-state index is 4.97. The quantitative estimate of drug-likeness (QED) is 0.481. The minimum atomic E-state index is -2.74. The molecular weight excluding hydrogens is 277 g/mol. The van der Waals surface area contributed by atoms with Gasteiger partial charge in [-0.3, -0.25) is 0 Å². The van der Waals surface area contributed by atoms with Gasteiger partial charge in [0.05, 0.1) is 0 Å². The molecule has 0 fully saturated rings. The fraction of sp³-hybridized carbons (Fsp3) is 0. The standard InChI is InChI=1S/4ClH.Mn.5H2O/h4*1H;;5*1H2/q;;;;+4;;;;;/p-4. The zero-order chi connectivity index (χ0) is 4.50. The van der Waals surface area contributed by atoms with E-state index in [2.05, 4.69) is 0 Å². The molecule has 0 heterocycles. The predicted molar refractivity (Wildman–Crippen MR) is 41.5 cm³/mol. The van der Waals surface area contributed by atoms with Gasteiger partial charge in [0.1, 0.15) is 0 Å². The first-order valence-corrected chi connectivity index (χ1v) is 7.07. The van der Waals surface area contributed by atoms with Gasteiger partial charge in [0.25, 0.3) is 0 Å². The average molecular weight is 287 g/mol. The van der Waals surface area contributed by atoms with Crippen molar-refractivity contribution in [3.8, 4) is 0 Å². The summed E-state index contributed by atoms with van der Waals surface area (Å²) in [6.07, 6.45) is 0. The monoisotopic (exact) mass is 285 g/mol. The van der Waals surface area contributed by atoms with Crippen LogP contribution in [-0.2, 0) is 9.20 Å². The van der Waals surface area contributed by atoms with Crippen LogP contribution in [0.1, 0.15) is 0 Å². The van der Waals surface area contributed by atoms with E-state index in [4.69, 9.17) is 40.4 Å². The Morgan fingerprint density at radius 2 is 0.500 bits per heavy atom. The molecule has 0 aliphatic heterocycles. The molecule has 0 aliphatic carbocycles. The molecule has 0 aliphatic rings. The average Bonchev–Trinajstić information content (AvgIpc) is 0.722. The molecule has 5 nitrogen and oxygen atoms in total. The molecule has 0 aromatic carbocycles. The van der Waals surface area contributed by atoms with Crippen LogP contribution in [0.5, 0.6) is 0 Å². The first-order chi connectivity index (χ1) is 2.00. The Bertz CT molecular complexity index is 29.1. The summed E-state index contributed by atoms with van der Waals surface area (Å²) in [4.78, 5) is 0. The number of hydrogen-bond donors (Lipinski definition) is 0. The van der Waals surface area contributed by atoms with Crippen LogP contribution in [0.3, 0.4) is 0 Å². The molecule has 0 spiro atoms.